The minimum atomic E-state index is -3.89. The van der Waals surface area contributed by atoms with Crippen molar-refractivity contribution in [3.63, 3.8) is 0 Å². The maximum atomic E-state index is 12.1. The normalized spacial score (nSPS) is 12.6. The van der Waals surface area contributed by atoms with Crippen LogP contribution in [0.25, 0.3) is 0 Å². The van der Waals surface area contributed by atoms with Crippen LogP contribution in [0.5, 0.6) is 11.5 Å². The van der Waals surface area contributed by atoms with Crippen LogP contribution < -0.4 is 9.46 Å². The number of rotatable bonds is 6. The zero-order chi connectivity index (χ0) is 17.0. The summed E-state index contributed by atoms with van der Waals surface area (Å²) in [6, 6.07) is 12.0. The minimum absolute atomic E-state index is 0.0252. The number of ether oxygens (including phenoxy) is 1. The molecular formula is C16H17NO5S. The number of benzene rings is 2. The average molecular weight is 335 g/mol. The molecular weight excluding hydrogens is 318 g/mol. The first-order valence-electron chi connectivity index (χ1n) is 6.88. The summed E-state index contributed by atoms with van der Waals surface area (Å²) in [5.41, 5.74) is 0.959. The Morgan fingerprint density at radius 1 is 1.13 bits per heavy atom. The van der Waals surface area contributed by atoms with Crippen LogP contribution in [-0.4, -0.2) is 25.5 Å². The van der Waals surface area contributed by atoms with Crippen molar-refractivity contribution in [2.45, 2.75) is 24.8 Å². The lowest BCUT2D eigenvalue weighted by molar-refractivity contribution is -0.138. The summed E-state index contributed by atoms with van der Waals surface area (Å²) in [5.74, 6) is -0.0710. The summed E-state index contributed by atoms with van der Waals surface area (Å²) in [6.07, 6.45) is 0. The SMILES string of the molecule is Cc1ccccc1Oc1ccc(S(=O)(=O)N[C@H](C)C(=O)O)cc1. The van der Waals surface area contributed by atoms with E-state index in [0.29, 0.717) is 11.5 Å². The molecule has 0 aliphatic heterocycles. The highest BCUT2D eigenvalue weighted by Crippen LogP contribution is 2.25. The van der Waals surface area contributed by atoms with Crippen molar-refractivity contribution in [3.05, 3.63) is 54.1 Å². The number of sulfonamides is 1. The third kappa shape index (κ3) is 4.30. The van der Waals surface area contributed by atoms with Gasteiger partial charge in [0.05, 0.1) is 4.90 Å². The Balaban J connectivity index is 2.16. The van der Waals surface area contributed by atoms with Gasteiger partial charge in [0.1, 0.15) is 17.5 Å². The van der Waals surface area contributed by atoms with Crippen LogP contribution in [-0.2, 0) is 14.8 Å². The van der Waals surface area contributed by atoms with E-state index in [1.165, 1.54) is 31.2 Å². The van der Waals surface area contributed by atoms with E-state index in [4.69, 9.17) is 9.84 Å². The molecule has 0 radical (unpaired) electrons. The lowest BCUT2D eigenvalue weighted by Crippen LogP contribution is -2.38. The van der Waals surface area contributed by atoms with Crippen LogP contribution >= 0.6 is 0 Å². The fourth-order valence-electron chi connectivity index (χ4n) is 1.84. The van der Waals surface area contributed by atoms with Crippen molar-refractivity contribution in [1.29, 1.82) is 0 Å². The summed E-state index contributed by atoms with van der Waals surface area (Å²) >= 11 is 0. The molecule has 0 amide bonds. The van der Waals surface area contributed by atoms with E-state index >= 15 is 0 Å². The largest absolute Gasteiger partial charge is 0.480 e. The topological polar surface area (TPSA) is 92.7 Å². The predicted octanol–water partition coefficient (Wildman–Crippen LogP) is 2.54. The van der Waals surface area contributed by atoms with E-state index in [1.54, 1.807) is 0 Å². The van der Waals surface area contributed by atoms with Crippen LogP contribution in [0.15, 0.2) is 53.4 Å². The zero-order valence-electron chi connectivity index (χ0n) is 12.7. The molecule has 0 heterocycles. The molecule has 2 aromatic carbocycles. The monoisotopic (exact) mass is 335 g/mol. The first-order valence-corrected chi connectivity index (χ1v) is 8.36. The maximum absolute atomic E-state index is 12.1. The van der Waals surface area contributed by atoms with E-state index < -0.39 is 22.0 Å². The molecule has 1 atom stereocenters. The van der Waals surface area contributed by atoms with E-state index in [2.05, 4.69) is 4.72 Å². The van der Waals surface area contributed by atoms with Crippen molar-refractivity contribution in [1.82, 2.24) is 4.72 Å². The zero-order valence-corrected chi connectivity index (χ0v) is 13.5. The van der Waals surface area contributed by atoms with Gasteiger partial charge in [0.15, 0.2) is 0 Å². The van der Waals surface area contributed by atoms with Gasteiger partial charge < -0.3 is 9.84 Å². The second kappa shape index (κ2) is 6.80. The van der Waals surface area contributed by atoms with Gasteiger partial charge in [0.2, 0.25) is 10.0 Å². The van der Waals surface area contributed by atoms with E-state index in [0.717, 1.165) is 5.56 Å². The quantitative estimate of drug-likeness (QED) is 0.846. The first-order chi connectivity index (χ1) is 10.8. The van der Waals surface area contributed by atoms with E-state index in [1.807, 2.05) is 31.2 Å². The van der Waals surface area contributed by atoms with E-state index in [9.17, 15) is 13.2 Å². The molecule has 122 valence electrons. The van der Waals surface area contributed by atoms with Crippen molar-refractivity contribution < 1.29 is 23.1 Å². The van der Waals surface area contributed by atoms with Gasteiger partial charge in [0, 0.05) is 0 Å². The van der Waals surface area contributed by atoms with Crippen LogP contribution in [0, 0.1) is 6.92 Å². The fraction of sp³-hybridized carbons (Fsp3) is 0.188. The maximum Gasteiger partial charge on any atom is 0.321 e. The van der Waals surface area contributed by atoms with Crippen LogP contribution in [0.4, 0.5) is 0 Å². The molecule has 2 N–H and O–H groups in total. The molecule has 6 nitrogen and oxygen atoms in total. The van der Waals surface area contributed by atoms with Crippen molar-refractivity contribution in [2.75, 3.05) is 0 Å². The highest BCUT2D eigenvalue weighted by molar-refractivity contribution is 7.89. The van der Waals surface area contributed by atoms with Gasteiger partial charge in [-0.25, -0.2) is 8.42 Å². The Morgan fingerprint density at radius 2 is 1.74 bits per heavy atom. The van der Waals surface area contributed by atoms with Gasteiger partial charge in [-0.3, -0.25) is 4.79 Å². The predicted molar refractivity (Wildman–Crippen MR) is 85.1 cm³/mol. The van der Waals surface area contributed by atoms with Gasteiger partial charge in [-0.05, 0) is 49.7 Å². The van der Waals surface area contributed by atoms with E-state index in [-0.39, 0.29) is 4.90 Å². The van der Waals surface area contributed by atoms with Gasteiger partial charge >= 0.3 is 5.97 Å². The molecule has 23 heavy (non-hydrogen) atoms. The third-order valence-electron chi connectivity index (χ3n) is 3.16. The molecule has 7 heteroatoms. The summed E-state index contributed by atoms with van der Waals surface area (Å²) in [7, 11) is -3.89. The van der Waals surface area contributed by atoms with Crippen molar-refractivity contribution >= 4 is 16.0 Å². The smallest absolute Gasteiger partial charge is 0.321 e. The van der Waals surface area contributed by atoms with Crippen molar-refractivity contribution in [3.8, 4) is 11.5 Å². The van der Waals surface area contributed by atoms with Gasteiger partial charge in [-0.15, -0.1) is 0 Å². The number of hydrogen-bond donors (Lipinski definition) is 2. The van der Waals surface area contributed by atoms with Gasteiger partial charge in [-0.2, -0.15) is 4.72 Å². The number of carboxylic acid groups (broad SMARTS) is 1. The summed E-state index contributed by atoms with van der Waals surface area (Å²) in [6.45, 7) is 3.17. The average Bonchev–Trinajstić information content (AvgIpc) is 2.49. The van der Waals surface area contributed by atoms with Crippen LogP contribution in [0.2, 0.25) is 0 Å². The number of para-hydroxylation sites is 1. The summed E-state index contributed by atoms with van der Waals surface area (Å²) in [4.78, 5) is 10.7. The second-order valence-electron chi connectivity index (χ2n) is 5.02. The number of hydrogen-bond acceptors (Lipinski definition) is 4. The highest BCUT2D eigenvalue weighted by Gasteiger charge is 2.21. The lowest BCUT2D eigenvalue weighted by atomic mass is 10.2. The number of aryl methyl sites for hydroxylation is 1. The molecule has 0 aromatic heterocycles. The molecule has 2 aromatic rings. The second-order valence-corrected chi connectivity index (χ2v) is 6.73. The Labute approximate surface area is 134 Å². The van der Waals surface area contributed by atoms with Gasteiger partial charge in [0.25, 0.3) is 0 Å². The Hall–Kier alpha value is -2.38. The standard InChI is InChI=1S/C16H17NO5S/c1-11-5-3-4-6-15(11)22-13-7-9-14(10-8-13)23(20,21)17-12(2)16(18)19/h3-10,12,17H,1-2H3,(H,18,19)/t12-/m1/s1. The Morgan fingerprint density at radius 3 is 2.30 bits per heavy atom. The molecule has 0 aliphatic rings. The lowest BCUT2D eigenvalue weighted by Gasteiger charge is -2.11. The fourth-order valence-corrected chi connectivity index (χ4v) is 3.03. The molecule has 0 saturated carbocycles. The molecule has 0 fully saturated rings. The molecule has 0 spiro atoms. The van der Waals surface area contributed by atoms with Crippen LogP contribution in [0.1, 0.15) is 12.5 Å². The van der Waals surface area contributed by atoms with Crippen LogP contribution in [0.3, 0.4) is 0 Å². The summed E-state index contributed by atoms with van der Waals surface area (Å²) in [5, 5.41) is 8.78. The third-order valence-corrected chi connectivity index (χ3v) is 4.71. The summed E-state index contributed by atoms with van der Waals surface area (Å²) < 4.78 is 31.9. The molecule has 0 unspecified atom stereocenters. The number of nitrogens with one attached hydrogen (secondary N) is 1. The molecule has 0 saturated heterocycles. The Kier molecular flexibility index (Phi) is 5.02. The number of aliphatic carboxylic acids is 1. The number of carboxylic acids is 1. The minimum Gasteiger partial charge on any atom is -0.480 e. The molecule has 0 bridgehead atoms. The first kappa shape index (κ1) is 17.0. The molecule has 0 aliphatic carbocycles. The Bertz CT molecular complexity index is 799. The molecule has 2 rings (SSSR count). The number of carbonyl (C=O) groups is 1. The van der Waals surface area contributed by atoms with Gasteiger partial charge in [-0.1, -0.05) is 18.2 Å². The van der Waals surface area contributed by atoms with Crippen molar-refractivity contribution in [2.24, 2.45) is 0 Å². The highest BCUT2D eigenvalue weighted by atomic mass is 32.2.